The SMILES string of the molecule is C[C@@H](Sc1n[nH]c(=O)n1C1CC1)C(=O)Nc1sc2c(c1C(N)=O)CCC2. The molecule has 0 unspecified atom stereocenters. The molecule has 2 heterocycles. The standard InChI is InChI=1S/C16H19N5O3S2/c1-7(25-16-20-19-15(24)21(16)8-5-6-8)13(23)18-14-11(12(17)22)9-3-2-4-10(9)26-14/h7-8H,2-6H2,1H3,(H2,17,22)(H,18,23)(H,19,24)/t7-/m1/s1. The fraction of sp³-hybridized carbons (Fsp3) is 0.500. The first kappa shape index (κ1) is 17.3. The Labute approximate surface area is 157 Å². The van der Waals surface area contributed by atoms with Crippen molar-refractivity contribution in [1.29, 1.82) is 0 Å². The predicted octanol–water partition coefficient (Wildman–Crippen LogP) is 1.67. The molecule has 0 radical (unpaired) electrons. The number of H-pyrrole nitrogens is 1. The van der Waals surface area contributed by atoms with Crippen molar-refractivity contribution in [2.45, 2.75) is 55.5 Å². The van der Waals surface area contributed by atoms with Gasteiger partial charge in [-0.25, -0.2) is 9.89 Å². The zero-order valence-corrected chi connectivity index (χ0v) is 15.8. The lowest BCUT2D eigenvalue weighted by molar-refractivity contribution is -0.115. The number of primary amides is 1. The highest BCUT2D eigenvalue weighted by Gasteiger charge is 2.31. The van der Waals surface area contributed by atoms with Crippen LogP contribution in [0.15, 0.2) is 9.95 Å². The van der Waals surface area contributed by atoms with Gasteiger partial charge in [0.25, 0.3) is 5.91 Å². The number of aromatic nitrogens is 3. The first-order valence-corrected chi connectivity index (χ1v) is 10.2. The molecule has 26 heavy (non-hydrogen) atoms. The summed E-state index contributed by atoms with van der Waals surface area (Å²) >= 11 is 2.66. The molecule has 0 aromatic carbocycles. The van der Waals surface area contributed by atoms with Gasteiger partial charge in [0.1, 0.15) is 5.00 Å². The van der Waals surface area contributed by atoms with E-state index in [1.165, 1.54) is 23.1 Å². The second-order valence-electron chi connectivity index (χ2n) is 6.59. The molecular weight excluding hydrogens is 374 g/mol. The van der Waals surface area contributed by atoms with E-state index in [-0.39, 0.29) is 17.6 Å². The molecule has 1 fully saturated rings. The van der Waals surface area contributed by atoms with Crippen LogP contribution in [0.25, 0.3) is 0 Å². The molecule has 2 aliphatic rings. The van der Waals surface area contributed by atoms with Crippen LogP contribution in [-0.4, -0.2) is 31.8 Å². The first-order valence-electron chi connectivity index (χ1n) is 8.54. The minimum absolute atomic E-state index is 0.181. The molecule has 4 N–H and O–H groups in total. The van der Waals surface area contributed by atoms with Crippen molar-refractivity contribution in [2.75, 3.05) is 5.32 Å². The van der Waals surface area contributed by atoms with E-state index in [2.05, 4.69) is 15.5 Å². The van der Waals surface area contributed by atoms with Crippen molar-refractivity contribution in [2.24, 2.45) is 5.73 Å². The third-order valence-electron chi connectivity index (χ3n) is 4.64. The summed E-state index contributed by atoms with van der Waals surface area (Å²) in [5, 5.41) is 9.90. The maximum Gasteiger partial charge on any atom is 0.344 e. The van der Waals surface area contributed by atoms with Gasteiger partial charge in [0.2, 0.25) is 5.91 Å². The van der Waals surface area contributed by atoms with Crippen molar-refractivity contribution < 1.29 is 9.59 Å². The van der Waals surface area contributed by atoms with Crippen LogP contribution >= 0.6 is 23.1 Å². The molecule has 2 aromatic rings. The van der Waals surface area contributed by atoms with Gasteiger partial charge in [-0.15, -0.1) is 16.4 Å². The summed E-state index contributed by atoms with van der Waals surface area (Å²) in [4.78, 5) is 37.4. The van der Waals surface area contributed by atoms with Gasteiger partial charge in [-0.05, 0) is 44.6 Å². The average Bonchev–Trinajstić information content (AvgIpc) is 3.04. The molecule has 8 nitrogen and oxygen atoms in total. The molecule has 0 aliphatic heterocycles. The van der Waals surface area contributed by atoms with Gasteiger partial charge in [0.05, 0.1) is 10.8 Å². The predicted molar refractivity (Wildman–Crippen MR) is 99.9 cm³/mol. The summed E-state index contributed by atoms with van der Waals surface area (Å²) in [6, 6.07) is 0.181. The molecule has 0 saturated heterocycles. The number of rotatable bonds is 6. The number of hydrogen-bond donors (Lipinski definition) is 3. The average molecular weight is 393 g/mol. The molecule has 1 saturated carbocycles. The Morgan fingerprint density at radius 1 is 1.42 bits per heavy atom. The number of amides is 2. The Hall–Kier alpha value is -2.07. The molecule has 138 valence electrons. The van der Waals surface area contributed by atoms with Crippen LogP contribution in [0, 0.1) is 0 Å². The summed E-state index contributed by atoms with van der Waals surface area (Å²) in [5.74, 6) is -0.745. The summed E-state index contributed by atoms with van der Waals surface area (Å²) in [6.07, 6.45) is 4.67. The monoisotopic (exact) mass is 393 g/mol. The van der Waals surface area contributed by atoms with Crippen LogP contribution < -0.4 is 16.7 Å². The van der Waals surface area contributed by atoms with E-state index in [1.807, 2.05) is 0 Å². The maximum absolute atomic E-state index is 12.6. The van der Waals surface area contributed by atoms with Crippen molar-refractivity contribution >= 4 is 39.9 Å². The van der Waals surface area contributed by atoms with Crippen LogP contribution in [0.4, 0.5) is 5.00 Å². The number of thioether (sulfide) groups is 1. The van der Waals surface area contributed by atoms with E-state index in [0.717, 1.165) is 42.5 Å². The summed E-state index contributed by atoms with van der Waals surface area (Å²) in [6.45, 7) is 1.75. The zero-order valence-electron chi connectivity index (χ0n) is 14.2. The molecule has 4 rings (SSSR count). The molecule has 0 bridgehead atoms. The van der Waals surface area contributed by atoms with Gasteiger partial charge in [0.15, 0.2) is 5.16 Å². The third kappa shape index (κ3) is 3.07. The zero-order chi connectivity index (χ0) is 18.4. The molecule has 1 atom stereocenters. The highest BCUT2D eigenvalue weighted by atomic mass is 32.2. The number of fused-ring (bicyclic) bond motifs is 1. The van der Waals surface area contributed by atoms with Crippen molar-refractivity contribution in [3.05, 3.63) is 26.5 Å². The topological polar surface area (TPSA) is 123 Å². The highest BCUT2D eigenvalue weighted by Crippen LogP contribution is 2.40. The van der Waals surface area contributed by atoms with Gasteiger partial charge >= 0.3 is 5.69 Å². The van der Waals surface area contributed by atoms with Crippen molar-refractivity contribution in [3.8, 4) is 0 Å². The number of anilines is 1. The van der Waals surface area contributed by atoms with E-state index in [1.54, 1.807) is 11.5 Å². The van der Waals surface area contributed by atoms with E-state index in [9.17, 15) is 14.4 Å². The maximum atomic E-state index is 12.6. The van der Waals surface area contributed by atoms with E-state index >= 15 is 0 Å². The number of nitrogens with one attached hydrogen (secondary N) is 2. The van der Waals surface area contributed by atoms with Crippen LogP contribution in [0.5, 0.6) is 0 Å². The van der Waals surface area contributed by atoms with E-state index in [4.69, 9.17) is 5.73 Å². The lowest BCUT2D eigenvalue weighted by Crippen LogP contribution is -2.25. The van der Waals surface area contributed by atoms with Crippen LogP contribution in [0.3, 0.4) is 0 Å². The van der Waals surface area contributed by atoms with Crippen LogP contribution in [-0.2, 0) is 17.6 Å². The Balaban J connectivity index is 1.50. The minimum atomic E-state index is -0.505. The number of nitrogens with zero attached hydrogens (tertiary/aromatic N) is 2. The third-order valence-corrected chi connectivity index (χ3v) is 6.91. The largest absolute Gasteiger partial charge is 0.365 e. The highest BCUT2D eigenvalue weighted by molar-refractivity contribution is 8.00. The smallest absolute Gasteiger partial charge is 0.344 e. The van der Waals surface area contributed by atoms with Gasteiger partial charge in [-0.2, -0.15) is 0 Å². The second-order valence-corrected chi connectivity index (χ2v) is 9.00. The molecule has 2 aromatic heterocycles. The summed E-state index contributed by atoms with van der Waals surface area (Å²) < 4.78 is 1.61. The molecule has 2 amide bonds. The number of aromatic amines is 1. The lowest BCUT2D eigenvalue weighted by Gasteiger charge is -2.12. The fourth-order valence-corrected chi connectivity index (χ4v) is 5.43. The number of carbonyl (C=O) groups excluding carboxylic acids is 2. The number of hydrogen-bond acceptors (Lipinski definition) is 6. The normalized spacial score (nSPS) is 17.1. The van der Waals surface area contributed by atoms with E-state index in [0.29, 0.717) is 15.7 Å². The molecule has 0 spiro atoms. The van der Waals surface area contributed by atoms with Crippen LogP contribution in [0.2, 0.25) is 0 Å². The van der Waals surface area contributed by atoms with Gasteiger partial charge < -0.3 is 11.1 Å². The Morgan fingerprint density at radius 3 is 2.88 bits per heavy atom. The van der Waals surface area contributed by atoms with E-state index < -0.39 is 11.2 Å². The van der Waals surface area contributed by atoms with Gasteiger partial charge in [0, 0.05) is 10.9 Å². The second kappa shape index (κ2) is 6.58. The number of aryl methyl sites for hydroxylation is 1. The van der Waals surface area contributed by atoms with Gasteiger partial charge in [-0.1, -0.05) is 11.8 Å². The van der Waals surface area contributed by atoms with Crippen molar-refractivity contribution in [1.82, 2.24) is 14.8 Å². The fourth-order valence-electron chi connectivity index (χ4n) is 3.21. The van der Waals surface area contributed by atoms with Crippen molar-refractivity contribution in [3.63, 3.8) is 0 Å². The van der Waals surface area contributed by atoms with Gasteiger partial charge in [-0.3, -0.25) is 14.2 Å². The Kier molecular flexibility index (Phi) is 4.39. The number of nitrogens with two attached hydrogens (primary N) is 1. The van der Waals surface area contributed by atoms with Crippen LogP contribution in [0.1, 0.15) is 53.0 Å². The first-order chi connectivity index (χ1) is 12.5. The summed E-state index contributed by atoms with van der Waals surface area (Å²) in [7, 11) is 0. The molecule has 10 heteroatoms. The molecule has 2 aliphatic carbocycles. The Morgan fingerprint density at radius 2 is 2.19 bits per heavy atom. The lowest BCUT2D eigenvalue weighted by atomic mass is 10.1. The minimum Gasteiger partial charge on any atom is -0.365 e. The number of carbonyl (C=O) groups is 2. The number of thiophene rings is 1. The molecular formula is C16H19N5O3S2. The summed E-state index contributed by atoms with van der Waals surface area (Å²) in [5.41, 5.74) is 6.71. The Bertz CT molecular complexity index is 940. The quantitative estimate of drug-likeness (QED) is 0.644.